The molecule has 0 aromatic heterocycles. The molecule has 0 aromatic carbocycles. The highest BCUT2D eigenvalue weighted by Crippen LogP contribution is 2.00. The average Bonchev–Trinajstić information content (AvgIpc) is 2.31. The number of nitrogens with one attached hydrogen (secondary N) is 1. The smallest absolute Gasteiger partial charge is 0.0882 e. The molecule has 92 valence electrons. The standard InChI is InChI=1S/C10H24N2O3/c1-3-12(4-2)6-5-11-10(7-13,8-14)9-15/h11,13-15H,3-9H2,1-2H3. The van der Waals surface area contributed by atoms with Gasteiger partial charge in [-0.2, -0.15) is 0 Å². The van der Waals surface area contributed by atoms with Crippen LogP contribution in [-0.2, 0) is 0 Å². The summed E-state index contributed by atoms with van der Waals surface area (Å²) in [5.74, 6) is 0. The Balaban J connectivity index is 3.89. The maximum Gasteiger partial charge on any atom is 0.0882 e. The zero-order valence-electron chi connectivity index (χ0n) is 9.74. The molecule has 0 aromatic rings. The molecule has 0 amide bonds. The Kier molecular flexibility index (Phi) is 7.90. The second-order valence-corrected chi connectivity index (χ2v) is 3.71. The van der Waals surface area contributed by atoms with Gasteiger partial charge in [0.1, 0.15) is 0 Å². The summed E-state index contributed by atoms with van der Waals surface area (Å²) < 4.78 is 0. The van der Waals surface area contributed by atoms with E-state index in [1.165, 1.54) is 0 Å². The molecule has 0 radical (unpaired) electrons. The molecule has 5 nitrogen and oxygen atoms in total. The largest absolute Gasteiger partial charge is 0.394 e. The van der Waals surface area contributed by atoms with Crippen LogP contribution in [0.4, 0.5) is 0 Å². The first-order chi connectivity index (χ1) is 7.17. The lowest BCUT2D eigenvalue weighted by Gasteiger charge is -2.30. The van der Waals surface area contributed by atoms with Gasteiger partial charge in [-0.25, -0.2) is 0 Å². The summed E-state index contributed by atoms with van der Waals surface area (Å²) in [6.45, 7) is 6.81. The highest BCUT2D eigenvalue weighted by Gasteiger charge is 2.26. The van der Waals surface area contributed by atoms with E-state index in [1.54, 1.807) is 0 Å². The minimum atomic E-state index is -0.951. The molecule has 15 heavy (non-hydrogen) atoms. The molecule has 0 aliphatic rings. The number of likely N-dealkylation sites (N-methyl/N-ethyl adjacent to an activating group) is 1. The molecule has 0 heterocycles. The molecule has 0 unspecified atom stereocenters. The maximum atomic E-state index is 9.06. The van der Waals surface area contributed by atoms with Gasteiger partial charge in [-0.1, -0.05) is 13.8 Å². The van der Waals surface area contributed by atoms with Crippen molar-refractivity contribution in [3.05, 3.63) is 0 Å². The van der Waals surface area contributed by atoms with Gasteiger partial charge in [0.2, 0.25) is 0 Å². The van der Waals surface area contributed by atoms with Gasteiger partial charge in [-0.05, 0) is 13.1 Å². The molecule has 0 saturated heterocycles. The Bertz CT molecular complexity index is 139. The van der Waals surface area contributed by atoms with E-state index in [0.717, 1.165) is 19.6 Å². The summed E-state index contributed by atoms with van der Waals surface area (Å²) in [4.78, 5) is 2.23. The van der Waals surface area contributed by atoms with Crippen molar-refractivity contribution in [3.8, 4) is 0 Å². The summed E-state index contributed by atoms with van der Waals surface area (Å²) >= 11 is 0. The normalized spacial score (nSPS) is 12.4. The molecule has 0 bridgehead atoms. The number of rotatable bonds is 9. The van der Waals surface area contributed by atoms with Crippen LogP contribution in [0.5, 0.6) is 0 Å². The van der Waals surface area contributed by atoms with Crippen LogP contribution < -0.4 is 5.32 Å². The van der Waals surface area contributed by atoms with E-state index in [9.17, 15) is 0 Å². The fraction of sp³-hybridized carbons (Fsp3) is 1.00. The van der Waals surface area contributed by atoms with Gasteiger partial charge in [-0.15, -0.1) is 0 Å². The number of hydrogen-bond donors (Lipinski definition) is 4. The molecular weight excluding hydrogens is 196 g/mol. The minimum Gasteiger partial charge on any atom is -0.394 e. The van der Waals surface area contributed by atoms with Crippen molar-refractivity contribution in [3.63, 3.8) is 0 Å². The Morgan fingerprint density at radius 1 is 1.00 bits per heavy atom. The molecule has 0 rings (SSSR count). The van der Waals surface area contributed by atoms with Gasteiger partial charge < -0.3 is 25.5 Å². The fourth-order valence-corrected chi connectivity index (χ4v) is 1.34. The third-order valence-corrected chi connectivity index (χ3v) is 2.73. The monoisotopic (exact) mass is 220 g/mol. The van der Waals surface area contributed by atoms with Crippen molar-refractivity contribution in [2.75, 3.05) is 46.0 Å². The summed E-state index contributed by atoms with van der Waals surface area (Å²) in [5.41, 5.74) is -0.951. The number of hydrogen-bond acceptors (Lipinski definition) is 5. The topological polar surface area (TPSA) is 76.0 Å². The molecule has 0 spiro atoms. The molecule has 5 heteroatoms. The highest BCUT2D eigenvalue weighted by molar-refractivity contribution is 4.86. The van der Waals surface area contributed by atoms with E-state index in [2.05, 4.69) is 24.1 Å². The van der Waals surface area contributed by atoms with Gasteiger partial charge in [0.25, 0.3) is 0 Å². The Hall–Kier alpha value is -0.200. The first-order valence-corrected chi connectivity index (χ1v) is 5.48. The SMILES string of the molecule is CCN(CC)CCNC(CO)(CO)CO. The van der Waals surface area contributed by atoms with Gasteiger partial charge in [0, 0.05) is 13.1 Å². The predicted molar refractivity (Wildman–Crippen MR) is 59.8 cm³/mol. The maximum absolute atomic E-state index is 9.06. The third kappa shape index (κ3) is 4.90. The van der Waals surface area contributed by atoms with Crippen LogP contribution in [0.2, 0.25) is 0 Å². The Morgan fingerprint density at radius 2 is 1.47 bits per heavy atom. The van der Waals surface area contributed by atoms with E-state index in [4.69, 9.17) is 15.3 Å². The second kappa shape index (κ2) is 8.01. The lowest BCUT2D eigenvalue weighted by molar-refractivity contribution is 0.0411. The molecular formula is C10H24N2O3. The summed E-state index contributed by atoms with van der Waals surface area (Å²) in [6, 6.07) is 0. The zero-order valence-corrected chi connectivity index (χ0v) is 9.74. The van der Waals surface area contributed by atoms with Gasteiger partial charge in [-0.3, -0.25) is 0 Å². The van der Waals surface area contributed by atoms with Crippen LogP contribution in [0.15, 0.2) is 0 Å². The van der Waals surface area contributed by atoms with Crippen LogP contribution in [0.25, 0.3) is 0 Å². The van der Waals surface area contributed by atoms with Crippen molar-refractivity contribution < 1.29 is 15.3 Å². The Morgan fingerprint density at radius 3 is 1.80 bits per heavy atom. The van der Waals surface area contributed by atoms with Crippen LogP contribution in [0, 0.1) is 0 Å². The van der Waals surface area contributed by atoms with E-state index >= 15 is 0 Å². The lowest BCUT2D eigenvalue weighted by atomic mass is 10.0. The third-order valence-electron chi connectivity index (χ3n) is 2.73. The number of nitrogens with zero attached hydrogens (tertiary/aromatic N) is 1. The Labute approximate surface area is 91.7 Å². The molecule has 0 aliphatic carbocycles. The van der Waals surface area contributed by atoms with Gasteiger partial charge in [0.15, 0.2) is 0 Å². The number of aliphatic hydroxyl groups is 3. The predicted octanol–water partition coefficient (Wildman–Crippen LogP) is -1.37. The molecule has 4 N–H and O–H groups in total. The highest BCUT2D eigenvalue weighted by atomic mass is 16.3. The van der Waals surface area contributed by atoms with Crippen molar-refractivity contribution in [2.45, 2.75) is 19.4 Å². The van der Waals surface area contributed by atoms with Crippen LogP contribution in [-0.4, -0.2) is 71.8 Å². The average molecular weight is 220 g/mol. The van der Waals surface area contributed by atoms with Crippen LogP contribution in [0.3, 0.4) is 0 Å². The van der Waals surface area contributed by atoms with Crippen LogP contribution in [0.1, 0.15) is 13.8 Å². The zero-order chi connectivity index (χ0) is 11.7. The first kappa shape index (κ1) is 14.8. The minimum absolute atomic E-state index is 0.266. The van der Waals surface area contributed by atoms with E-state index < -0.39 is 5.54 Å². The number of aliphatic hydroxyl groups excluding tert-OH is 3. The van der Waals surface area contributed by atoms with Crippen molar-refractivity contribution in [1.82, 2.24) is 10.2 Å². The van der Waals surface area contributed by atoms with Crippen molar-refractivity contribution in [1.29, 1.82) is 0 Å². The van der Waals surface area contributed by atoms with Crippen molar-refractivity contribution >= 4 is 0 Å². The van der Waals surface area contributed by atoms with E-state index in [1.807, 2.05) is 0 Å². The summed E-state index contributed by atoms with van der Waals surface area (Å²) in [6.07, 6.45) is 0. The van der Waals surface area contributed by atoms with E-state index in [0.29, 0.717) is 6.54 Å². The van der Waals surface area contributed by atoms with Gasteiger partial charge >= 0.3 is 0 Å². The lowest BCUT2D eigenvalue weighted by Crippen LogP contribution is -2.56. The summed E-state index contributed by atoms with van der Waals surface area (Å²) in [7, 11) is 0. The second-order valence-electron chi connectivity index (χ2n) is 3.71. The fourth-order valence-electron chi connectivity index (χ4n) is 1.34. The molecule has 0 atom stereocenters. The van der Waals surface area contributed by atoms with Crippen LogP contribution >= 0.6 is 0 Å². The molecule has 0 saturated carbocycles. The van der Waals surface area contributed by atoms with Crippen molar-refractivity contribution in [2.24, 2.45) is 0 Å². The van der Waals surface area contributed by atoms with Gasteiger partial charge in [0.05, 0.1) is 25.4 Å². The molecule has 0 aliphatic heterocycles. The van der Waals surface area contributed by atoms with E-state index in [-0.39, 0.29) is 19.8 Å². The summed E-state index contributed by atoms with van der Waals surface area (Å²) in [5, 5.41) is 30.2. The molecule has 0 fully saturated rings. The quantitative estimate of drug-likeness (QED) is 0.386. The first-order valence-electron chi connectivity index (χ1n) is 5.48.